The van der Waals surface area contributed by atoms with E-state index >= 15 is 0 Å². The Bertz CT molecular complexity index is 826. The predicted octanol–water partition coefficient (Wildman–Crippen LogP) is 4.37. The third-order valence-corrected chi connectivity index (χ3v) is 4.42. The van der Waals surface area contributed by atoms with Crippen LogP contribution in [0.25, 0.3) is 0 Å². The van der Waals surface area contributed by atoms with Crippen molar-refractivity contribution in [2.75, 3.05) is 6.61 Å². The minimum absolute atomic E-state index is 0.0354. The number of nitrogens with one attached hydrogen (secondary N) is 1. The van der Waals surface area contributed by atoms with Gasteiger partial charge in [-0.3, -0.25) is 4.79 Å². The number of para-hydroxylation sites is 1. The number of hydrogen-bond acceptors (Lipinski definition) is 4. The van der Waals surface area contributed by atoms with E-state index in [-0.39, 0.29) is 23.7 Å². The number of rotatable bonds is 5. The molecule has 2 aromatic rings. The maximum Gasteiger partial charge on any atom is 0.277 e. The first-order valence-electron chi connectivity index (χ1n) is 8.23. The molecule has 0 fully saturated rings. The summed E-state index contributed by atoms with van der Waals surface area (Å²) in [6.07, 6.45) is 0. The summed E-state index contributed by atoms with van der Waals surface area (Å²) in [4.78, 5) is 12.0. The highest BCUT2D eigenvalue weighted by Crippen LogP contribution is 2.31. The number of aromatic hydroxyl groups is 1. The second-order valence-electron chi connectivity index (χ2n) is 6.93. The fraction of sp³-hybridized carbons (Fsp3) is 0.300. The molecule has 0 heterocycles. The summed E-state index contributed by atoms with van der Waals surface area (Å²) in [5, 5.41) is 13.8. The highest BCUT2D eigenvalue weighted by molar-refractivity contribution is 9.10. The highest BCUT2D eigenvalue weighted by atomic mass is 79.9. The molecule has 2 rings (SSSR count). The molecule has 0 spiro atoms. The fourth-order valence-corrected chi connectivity index (χ4v) is 2.74. The van der Waals surface area contributed by atoms with E-state index in [1.807, 2.05) is 18.2 Å². The lowest BCUT2D eigenvalue weighted by molar-refractivity contribution is -0.123. The van der Waals surface area contributed by atoms with Gasteiger partial charge in [0.25, 0.3) is 5.91 Å². The number of ether oxygens (including phenoxy) is 1. The van der Waals surface area contributed by atoms with Gasteiger partial charge < -0.3 is 9.84 Å². The van der Waals surface area contributed by atoms with Gasteiger partial charge in [-0.05, 0) is 58.1 Å². The number of phenols is 1. The van der Waals surface area contributed by atoms with Crippen molar-refractivity contribution < 1.29 is 14.6 Å². The summed E-state index contributed by atoms with van der Waals surface area (Å²) < 4.78 is 6.35. The first-order valence-corrected chi connectivity index (χ1v) is 9.02. The summed E-state index contributed by atoms with van der Waals surface area (Å²) in [6, 6.07) is 12.6. The lowest BCUT2D eigenvalue weighted by atomic mass is 9.87. The third kappa shape index (κ3) is 5.33. The minimum atomic E-state index is -0.383. The summed E-state index contributed by atoms with van der Waals surface area (Å²) in [5.74, 6) is 0.322. The average Bonchev–Trinajstić information content (AvgIpc) is 2.58. The number of phenolic OH excluding ortho intramolecular Hbond substituents is 1. The van der Waals surface area contributed by atoms with Gasteiger partial charge in [0.15, 0.2) is 6.61 Å². The van der Waals surface area contributed by atoms with Gasteiger partial charge in [-0.25, -0.2) is 5.43 Å². The second-order valence-corrected chi connectivity index (χ2v) is 7.79. The SMILES string of the molecule is C/C(=N/NC(=O)COc1ccc(C(C)(C)C)cc1Br)c1ccccc1O. The molecule has 0 radical (unpaired) electrons. The first-order chi connectivity index (χ1) is 12.2. The van der Waals surface area contributed by atoms with Crippen LogP contribution in [0.1, 0.15) is 38.8 Å². The van der Waals surface area contributed by atoms with Gasteiger partial charge in [-0.15, -0.1) is 0 Å². The van der Waals surface area contributed by atoms with Crippen molar-refractivity contribution in [1.82, 2.24) is 5.43 Å². The molecule has 2 N–H and O–H groups in total. The number of amides is 1. The number of halogens is 1. The molecule has 0 aliphatic carbocycles. The van der Waals surface area contributed by atoms with Crippen molar-refractivity contribution in [3.8, 4) is 11.5 Å². The number of hydrazone groups is 1. The average molecular weight is 419 g/mol. The van der Waals surface area contributed by atoms with E-state index in [1.54, 1.807) is 31.2 Å². The molecule has 6 heteroatoms. The van der Waals surface area contributed by atoms with Crippen LogP contribution in [-0.4, -0.2) is 23.3 Å². The van der Waals surface area contributed by atoms with E-state index in [1.165, 1.54) is 5.56 Å². The number of carbonyl (C=O) groups excluding carboxylic acids is 1. The van der Waals surface area contributed by atoms with Gasteiger partial charge >= 0.3 is 0 Å². The molecule has 1 amide bonds. The Kier molecular flexibility index (Phi) is 6.42. The number of hydrogen-bond donors (Lipinski definition) is 2. The van der Waals surface area contributed by atoms with Crippen LogP contribution in [0.4, 0.5) is 0 Å². The summed E-state index contributed by atoms with van der Waals surface area (Å²) >= 11 is 3.48. The zero-order valence-corrected chi connectivity index (χ0v) is 16.9. The molecule has 138 valence electrons. The van der Waals surface area contributed by atoms with Crippen molar-refractivity contribution in [2.45, 2.75) is 33.1 Å². The van der Waals surface area contributed by atoms with Crippen LogP contribution in [-0.2, 0) is 10.2 Å². The molecule has 0 aliphatic rings. The molecule has 26 heavy (non-hydrogen) atoms. The minimum Gasteiger partial charge on any atom is -0.507 e. The fourth-order valence-electron chi connectivity index (χ4n) is 2.25. The van der Waals surface area contributed by atoms with E-state index in [9.17, 15) is 9.90 Å². The van der Waals surface area contributed by atoms with Crippen LogP contribution in [0.5, 0.6) is 11.5 Å². The standard InChI is InChI=1S/C20H23BrN2O3/c1-13(15-7-5-6-8-17(15)24)22-23-19(25)12-26-18-10-9-14(11-16(18)21)20(2,3)4/h5-11,24H,12H2,1-4H3,(H,23,25)/b22-13-. The van der Waals surface area contributed by atoms with Crippen LogP contribution in [0.3, 0.4) is 0 Å². The Labute approximate surface area is 162 Å². The zero-order chi connectivity index (χ0) is 19.3. The first kappa shape index (κ1) is 20.0. The smallest absolute Gasteiger partial charge is 0.277 e. The number of nitrogens with zero attached hydrogens (tertiary/aromatic N) is 1. The molecular weight excluding hydrogens is 396 g/mol. The van der Waals surface area contributed by atoms with Gasteiger partial charge in [0.2, 0.25) is 0 Å². The van der Waals surface area contributed by atoms with Gasteiger partial charge in [-0.2, -0.15) is 5.10 Å². The van der Waals surface area contributed by atoms with Crippen molar-refractivity contribution in [2.24, 2.45) is 5.10 Å². The van der Waals surface area contributed by atoms with Crippen LogP contribution in [0.15, 0.2) is 52.0 Å². The van der Waals surface area contributed by atoms with E-state index in [0.29, 0.717) is 17.0 Å². The van der Waals surface area contributed by atoms with Crippen LogP contribution >= 0.6 is 15.9 Å². The Morgan fingerprint density at radius 1 is 1.23 bits per heavy atom. The van der Waals surface area contributed by atoms with Crippen LogP contribution in [0, 0.1) is 0 Å². The topological polar surface area (TPSA) is 70.9 Å². The lowest BCUT2D eigenvalue weighted by Crippen LogP contribution is -2.25. The van der Waals surface area contributed by atoms with E-state index in [2.05, 4.69) is 47.2 Å². The largest absolute Gasteiger partial charge is 0.507 e. The third-order valence-electron chi connectivity index (χ3n) is 3.80. The quantitative estimate of drug-likeness (QED) is 0.559. The second kappa shape index (κ2) is 8.36. The van der Waals surface area contributed by atoms with Gasteiger partial charge in [0, 0.05) is 5.56 Å². The highest BCUT2D eigenvalue weighted by Gasteiger charge is 2.15. The summed E-state index contributed by atoms with van der Waals surface area (Å²) in [7, 11) is 0. The van der Waals surface area contributed by atoms with E-state index < -0.39 is 0 Å². The molecule has 0 aromatic heterocycles. The molecule has 0 saturated heterocycles. The molecular formula is C20H23BrN2O3. The Morgan fingerprint density at radius 2 is 1.92 bits per heavy atom. The molecule has 0 aliphatic heterocycles. The van der Waals surface area contributed by atoms with Crippen molar-refractivity contribution in [3.05, 3.63) is 58.1 Å². The maximum atomic E-state index is 12.0. The summed E-state index contributed by atoms with van der Waals surface area (Å²) in [6.45, 7) is 7.94. The van der Waals surface area contributed by atoms with Crippen molar-refractivity contribution in [1.29, 1.82) is 0 Å². The van der Waals surface area contributed by atoms with Gasteiger partial charge in [0.1, 0.15) is 11.5 Å². The maximum absolute atomic E-state index is 12.0. The summed E-state index contributed by atoms with van der Waals surface area (Å²) in [5.41, 5.74) is 4.71. The number of carbonyl (C=O) groups is 1. The number of benzene rings is 2. The molecule has 0 atom stereocenters. The molecule has 2 aromatic carbocycles. The van der Waals surface area contributed by atoms with Crippen LogP contribution < -0.4 is 10.2 Å². The Morgan fingerprint density at radius 3 is 2.54 bits per heavy atom. The molecule has 0 saturated carbocycles. The predicted molar refractivity (Wildman–Crippen MR) is 107 cm³/mol. The van der Waals surface area contributed by atoms with Gasteiger partial charge in [-0.1, -0.05) is 39.0 Å². The zero-order valence-electron chi connectivity index (χ0n) is 15.3. The van der Waals surface area contributed by atoms with E-state index in [4.69, 9.17) is 4.74 Å². The lowest BCUT2D eigenvalue weighted by Gasteiger charge is -2.20. The van der Waals surface area contributed by atoms with Gasteiger partial charge in [0.05, 0.1) is 10.2 Å². The molecule has 0 bridgehead atoms. The molecule has 0 unspecified atom stereocenters. The van der Waals surface area contributed by atoms with Crippen LogP contribution in [0.2, 0.25) is 0 Å². The monoisotopic (exact) mass is 418 g/mol. The van der Waals surface area contributed by atoms with Crippen molar-refractivity contribution >= 4 is 27.5 Å². The van der Waals surface area contributed by atoms with E-state index in [0.717, 1.165) is 4.47 Å². The Balaban J connectivity index is 1.95. The molecule has 5 nitrogen and oxygen atoms in total. The van der Waals surface area contributed by atoms with Crippen molar-refractivity contribution in [3.63, 3.8) is 0 Å². The Hall–Kier alpha value is -2.34. The normalized spacial score (nSPS) is 12.0.